The predicted molar refractivity (Wildman–Crippen MR) is 79.4 cm³/mol. The Morgan fingerprint density at radius 2 is 2.10 bits per heavy atom. The van der Waals surface area contributed by atoms with E-state index >= 15 is 0 Å². The van der Waals surface area contributed by atoms with Crippen LogP contribution in [0.2, 0.25) is 0 Å². The lowest BCUT2D eigenvalue weighted by molar-refractivity contribution is 0.102. The Hall–Kier alpha value is -2.63. The number of nitrogens with zero attached hydrogens (tertiary/aromatic N) is 1. The van der Waals surface area contributed by atoms with Crippen LogP contribution >= 0.6 is 0 Å². The van der Waals surface area contributed by atoms with Crippen molar-refractivity contribution in [2.75, 3.05) is 24.8 Å². The highest BCUT2D eigenvalue weighted by atomic mass is 19.1. The number of methoxy groups -OCH3 is 1. The average Bonchev–Trinajstić information content (AvgIpc) is 2.47. The summed E-state index contributed by atoms with van der Waals surface area (Å²) in [4.78, 5) is 16.0. The number of ether oxygens (including phenoxy) is 1. The molecule has 1 aromatic carbocycles. The molecule has 0 radical (unpaired) electrons. The molecule has 6 heteroatoms. The van der Waals surface area contributed by atoms with Gasteiger partial charge < -0.3 is 15.4 Å². The quantitative estimate of drug-likeness (QED) is 0.908. The summed E-state index contributed by atoms with van der Waals surface area (Å²) in [5.41, 5.74) is 1.36. The summed E-state index contributed by atoms with van der Waals surface area (Å²) in [6.07, 6.45) is 1.37. The number of aromatic nitrogens is 1. The molecule has 2 rings (SSSR count). The van der Waals surface area contributed by atoms with Gasteiger partial charge in [-0.25, -0.2) is 9.37 Å². The van der Waals surface area contributed by atoms with Crippen molar-refractivity contribution >= 4 is 17.4 Å². The van der Waals surface area contributed by atoms with E-state index in [4.69, 9.17) is 4.74 Å². The summed E-state index contributed by atoms with van der Waals surface area (Å²) in [7, 11) is 3.04. The standard InChI is InChI=1S/C15H16FN3O2/c1-9-4-5-12(21-3)11(8-9)19-15(20)10-6-7-18-14(17-2)13(10)16/h4-8H,1-3H3,(H,17,18)(H,19,20). The van der Waals surface area contributed by atoms with E-state index in [1.807, 2.05) is 13.0 Å². The summed E-state index contributed by atoms with van der Waals surface area (Å²) in [6, 6.07) is 6.69. The van der Waals surface area contributed by atoms with E-state index in [-0.39, 0.29) is 11.4 Å². The number of carbonyl (C=O) groups excluding carboxylic acids is 1. The van der Waals surface area contributed by atoms with Gasteiger partial charge in [0, 0.05) is 13.2 Å². The molecule has 5 nitrogen and oxygen atoms in total. The van der Waals surface area contributed by atoms with Gasteiger partial charge >= 0.3 is 0 Å². The zero-order valence-electron chi connectivity index (χ0n) is 12.0. The summed E-state index contributed by atoms with van der Waals surface area (Å²) in [5.74, 6) is -0.712. The largest absolute Gasteiger partial charge is 0.495 e. The van der Waals surface area contributed by atoms with Crippen LogP contribution in [0.1, 0.15) is 15.9 Å². The van der Waals surface area contributed by atoms with Crippen molar-refractivity contribution in [3.8, 4) is 5.75 Å². The fourth-order valence-corrected chi connectivity index (χ4v) is 1.90. The van der Waals surface area contributed by atoms with E-state index in [0.717, 1.165) is 5.56 Å². The van der Waals surface area contributed by atoms with Gasteiger partial charge in [0.05, 0.1) is 18.4 Å². The number of hydrogen-bond acceptors (Lipinski definition) is 4. The third-order valence-corrected chi connectivity index (χ3v) is 2.97. The number of hydrogen-bond donors (Lipinski definition) is 2. The first kappa shape index (κ1) is 14.8. The van der Waals surface area contributed by atoms with Crippen molar-refractivity contribution in [2.24, 2.45) is 0 Å². The van der Waals surface area contributed by atoms with Gasteiger partial charge in [0.15, 0.2) is 11.6 Å². The SMILES string of the molecule is CNc1nccc(C(=O)Nc2cc(C)ccc2OC)c1F. The van der Waals surface area contributed by atoms with E-state index in [1.165, 1.54) is 26.4 Å². The number of amides is 1. The molecule has 0 fully saturated rings. The third-order valence-electron chi connectivity index (χ3n) is 2.97. The number of anilines is 2. The number of carbonyl (C=O) groups is 1. The maximum Gasteiger partial charge on any atom is 0.258 e. The van der Waals surface area contributed by atoms with Crippen molar-refractivity contribution in [2.45, 2.75) is 6.92 Å². The van der Waals surface area contributed by atoms with Crippen LogP contribution in [0.25, 0.3) is 0 Å². The van der Waals surface area contributed by atoms with Gasteiger partial charge in [-0.2, -0.15) is 0 Å². The topological polar surface area (TPSA) is 63.2 Å². The first-order valence-corrected chi connectivity index (χ1v) is 6.35. The van der Waals surface area contributed by atoms with Crippen LogP contribution in [0, 0.1) is 12.7 Å². The molecule has 0 bridgehead atoms. The highest BCUT2D eigenvalue weighted by Crippen LogP contribution is 2.26. The van der Waals surface area contributed by atoms with Gasteiger partial charge in [0.1, 0.15) is 5.75 Å². The Morgan fingerprint density at radius 3 is 2.76 bits per heavy atom. The lowest BCUT2D eigenvalue weighted by Crippen LogP contribution is -2.15. The van der Waals surface area contributed by atoms with Crippen molar-refractivity contribution in [3.05, 3.63) is 47.4 Å². The van der Waals surface area contributed by atoms with Crippen LogP contribution in [0.3, 0.4) is 0 Å². The van der Waals surface area contributed by atoms with E-state index in [0.29, 0.717) is 11.4 Å². The highest BCUT2D eigenvalue weighted by molar-refractivity contribution is 6.05. The highest BCUT2D eigenvalue weighted by Gasteiger charge is 2.17. The molecule has 0 saturated heterocycles. The molecule has 0 aliphatic heterocycles. The molecular weight excluding hydrogens is 273 g/mol. The van der Waals surface area contributed by atoms with Crippen molar-refractivity contribution < 1.29 is 13.9 Å². The van der Waals surface area contributed by atoms with Crippen LogP contribution in [0.15, 0.2) is 30.5 Å². The molecule has 1 amide bonds. The second-order valence-corrected chi connectivity index (χ2v) is 4.43. The molecule has 2 N–H and O–H groups in total. The zero-order chi connectivity index (χ0) is 15.4. The summed E-state index contributed by atoms with van der Waals surface area (Å²) in [6.45, 7) is 1.89. The minimum atomic E-state index is -0.691. The van der Waals surface area contributed by atoms with Gasteiger partial charge in [-0.15, -0.1) is 0 Å². The molecule has 0 atom stereocenters. The Labute approximate surface area is 122 Å². The van der Waals surface area contributed by atoms with E-state index < -0.39 is 11.7 Å². The monoisotopic (exact) mass is 289 g/mol. The molecule has 1 heterocycles. The van der Waals surface area contributed by atoms with Crippen LogP contribution in [-0.4, -0.2) is 25.0 Å². The van der Waals surface area contributed by atoms with Crippen LogP contribution in [-0.2, 0) is 0 Å². The minimum absolute atomic E-state index is 0.0267. The van der Waals surface area contributed by atoms with E-state index in [2.05, 4.69) is 15.6 Å². The minimum Gasteiger partial charge on any atom is -0.495 e. The molecule has 1 aromatic heterocycles. The van der Waals surface area contributed by atoms with Crippen LogP contribution < -0.4 is 15.4 Å². The zero-order valence-corrected chi connectivity index (χ0v) is 12.0. The molecule has 110 valence electrons. The summed E-state index contributed by atoms with van der Waals surface area (Å²) < 4.78 is 19.2. The molecule has 0 aliphatic carbocycles. The third kappa shape index (κ3) is 3.10. The number of aryl methyl sites for hydroxylation is 1. The summed E-state index contributed by atoms with van der Waals surface area (Å²) in [5, 5.41) is 5.25. The fourth-order valence-electron chi connectivity index (χ4n) is 1.90. The second kappa shape index (κ2) is 6.21. The van der Waals surface area contributed by atoms with Gasteiger partial charge in [-0.3, -0.25) is 4.79 Å². The smallest absolute Gasteiger partial charge is 0.258 e. The van der Waals surface area contributed by atoms with Crippen molar-refractivity contribution in [1.29, 1.82) is 0 Å². The molecule has 0 unspecified atom stereocenters. The van der Waals surface area contributed by atoms with Crippen molar-refractivity contribution in [1.82, 2.24) is 4.98 Å². The Balaban J connectivity index is 2.32. The number of halogens is 1. The van der Waals surface area contributed by atoms with Gasteiger partial charge in [-0.1, -0.05) is 6.07 Å². The first-order valence-electron chi connectivity index (χ1n) is 6.35. The molecule has 0 spiro atoms. The maximum atomic E-state index is 14.1. The number of pyridine rings is 1. The van der Waals surface area contributed by atoms with Crippen molar-refractivity contribution in [3.63, 3.8) is 0 Å². The molecule has 0 aliphatic rings. The summed E-state index contributed by atoms with van der Waals surface area (Å²) >= 11 is 0. The predicted octanol–water partition coefficient (Wildman–Crippen LogP) is 2.83. The number of nitrogens with one attached hydrogen (secondary N) is 2. The van der Waals surface area contributed by atoms with E-state index in [1.54, 1.807) is 12.1 Å². The molecular formula is C15H16FN3O2. The molecule has 21 heavy (non-hydrogen) atoms. The first-order chi connectivity index (χ1) is 10.1. The Kier molecular flexibility index (Phi) is 4.37. The lowest BCUT2D eigenvalue weighted by atomic mass is 10.2. The van der Waals surface area contributed by atoms with Gasteiger partial charge in [0.2, 0.25) is 0 Å². The van der Waals surface area contributed by atoms with Gasteiger partial charge in [0.25, 0.3) is 5.91 Å². The molecule has 2 aromatic rings. The van der Waals surface area contributed by atoms with Crippen LogP contribution in [0.5, 0.6) is 5.75 Å². The maximum absolute atomic E-state index is 14.1. The lowest BCUT2D eigenvalue weighted by Gasteiger charge is -2.12. The number of benzene rings is 1. The molecule has 0 saturated carbocycles. The second-order valence-electron chi connectivity index (χ2n) is 4.43. The fraction of sp³-hybridized carbons (Fsp3) is 0.200. The van der Waals surface area contributed by atoms with Crippen LogP contribution in [0.4, 0.5) is 15.9 Å². The normalized spacial score (nSPS) is 10.1. The average molecular weight is 289 g/mol. The Bertz CT molecular complexity index is 674. The Morgan fingerprint density at radius 1 is 1.33 bits per heavy atom. The van der Waals surface area contributed by atoms with Gasteiger partial charge in [-0.05, 0) is 30.7 Å². The number of rotatable bonds is 4. The van der Waals surface area contributed by atoms with E-state index in [9.17, 15) is 9.18 Å².